The van der Waals surface area contributed by atoms with E-state index in [1.54, 1.807) is 7.11 Å². The molecule has 1 aromatic carbocycles. The second-order valence-electron chi connectivity index (χ2n) is 4.01. The number of methoxy groups -OCH3 is 1. The van der Waals surface area contributed by atoms with E-state index < -0.39 is 0 Å². The minimum atomic E-state index is 0.431. The van der Waals surface area contributed by atoms with Crippen molar-refractivity contribution in [1.29, 1.82) is 0 Å². The molecule has 1 fully saturated rings. The van der Waals surface area contributed by atoms with Crippen molar-refractivity contribution in [2.24, 2.45) is 0 Å². The zero-order valence-electron chi connectivity index (χ0n) is 8.95. The van der Waals surface area contributed by atoms with E-state index in [4.69, 9.17) is 4.74 Å². The zero-order valence-corrected chi connectivity index (χ0v) is 10.5. The molecule has 15 heavy (non-hydrogen) atoms. The van der Waals surface area contributed by atoms with Gasteiger partial charge in [-0.05, 0) is 24.1 Å². The first kappa shape index (κ1) is 11.1. The summed E-state index contributed by atoms with van der Waals surface area (Å²) in [4.78, 5) is 2.44. The van der Waals surface area contributed by atoms with Crippen LogP contribution in [0.25, 0.3) is 0 Å². The second kappa shape index (κ2) is 5.10. The average Bonchev–Trinajstić information content (AvgIpc) is 2.69. The van der Waals surface area contributed by atoms with Crippen LogP contribution in [0.2, 0.25) is 0 Å². The zero-order chi connectivity index (χ0) is 10.7. The van der Waals surface area contributed by atoms with E-state index in [1.807, 2.05) is 0 Å². The molecule has 0 unspecified atom stereocenters. The van der Waals surface area contributed by atoms with Gasteiger partial charge in [0, 0.05) is 31.2 Å². The maximum absolute atomic E-state index is 5.35. The lowest BCUT2D eigenvalue weighted by atomic mass is 10.2. The molecular weight excluding hydrogens is 254 g/mol. The molecular formula is C12H16BrNO. The summed E-state index contributed by atoms with van der Waals surface area (Å²) in [6, 6.07) is 8.53. The first-order valence-electron chi connectivity index (χ1n) is 5.27. The third-order valence-corrected chi connectivity index (χ3v) is 3.41. The number of nitrogens with zero attached hydrogens (tertiary/aromatic N) is 1. The Balaban J connectivity index is 1.90. The van der Waals surface area contributed by atoms with Crippen LogP contribution in [-0.4, -0.2) is 31.2 Å². The quantitative estimate of drug-likeness (QED) is 0.837. The molecule has 2 nitrogen and oxygen atoms in total. The molecule has 0 spiro atoms. The Morgan fingerprint density at radius 1 is 1.40 bits per heavy atom. The van der Waals surface area contributed by atoms with Crippen molar-refractivity contribution in [3.63, 3.8) is 0 Å². The minimum Gasteiger partial charge on any atom is -0.380 e. The minimum absolute atomic E-state index is 0.431. The smallest absolute Gasteiger partial charge is 0.0710 e. The number of hydrogen-bond donors (Lipinski definition) is 0. The summed E-state index contributed by atoms with van der Waals surface area (Å²) < 4.78 is 6.49. The van der Waals surface area contributed by atoms with E-state index in [-0.39, 0.29) is 0 Å². The molecule has 1 atom stereocenters. The van der Waals surface area contributed by atoms with Gasteiger partial charge in [0.15, 0.2) is 0 Å². The molecule has 3 heteroatoms. The second-order valence-corrected chi connectivity index (χ2v) is 4.92. The van der Waals surface area contributed by atoms with Gasteiger partial charge in [-0.3, -0.25) is 4.90 Å². The Hall–Kier alpha value is -0.380. The fourth-order valence-electron chi connectivity index (χ4n) is 1.98. The third-order valence-electron chi connectivity index (χ3n) is 2.88. The molecule has 1 aromatic rings. The van der Waals surface area contributed by atoms with Crippen LogP contribution in [0, 0.1) is 0 Å². The predicted molar refractivity (Wildman–Crippen MR) is 64.8 cm³/mol. The fraction of sp³-hybridized carbons (Fsp3) is 0.500. The standard InChI is InChI=1S/C12H16BrNO/c1-15-12-6-7-14(9-12)8-10-2-4-11(13)5-3-10/h2-5,12H,6-9H2,1H3/t12-/m1/s1. The molecule has 0 radical (unpaired) electrons. The summed E-state index contributed by atoms with van der Waals surface area (Å²) >= 11 is 3.45. The van der Waals surface area contributed by atoms with Crippen LogP contribution < -0.4 is 0 Å². The van der Waals surface area contributed by atoms with E-state index >= 15 is 0 Å². The van der Waals surface area contributed by atoms with Gasteiger partial charge in [0.1, 0.15) is 0 Å². The maximum atomic E-state index is 5.35. The number of hydrogen-bond acceptors (Lipinski definition) is 2. The Bertz CT molecular complexity index is 312. The molecule has 0 aromatic heterocycles. The molecule has 2 rings (SSSR count). The van der Waals surface area contributed by atoms with Gasteiger partial charge >= 0.3 is 0 Å². The van der Waals surface area contributed by atoms with Gasteiger partial charge < -0.3 is 4.74 Å². The SMILES string of the molecule is CO[C@@H]1CCN(Cc2ccc(Br)cc2)C1. The van der Waals surface area contributed by atoms with Crippen LogP contribution in [-0.2, 0) is 11.3 Å². The van der Waals surface area contributed by atoms with Crippen LogP contribution in [0.5, 0.6) is 0 Å². The molecule has 0 saturated carbocycles. The van der Waals surface area contributed by atoms with E-state index in [9.17, 15) is 0 Å². The van der Waals surface area contributed by atoms with Crippen LogP contribution >= 0.6 is 15.9 Å². The van der Waals surface area contributed by atoms with Crippen LogP contribution in [0.1, 0.15) is 12.0 Å². The monoisotopic (exact) mass is 269 g/mol. The Kier molecular flexibility index (Phi) is 3.78. The lowest BCUT2D eigenvalue weighted by molar-refractivity contribution is 0.107. The largest absolute Gasteiger partial charge is 0.380 e. The van der Waals surface area contributed by atoms with Gasteiger partial charge in [-0.1, -0.05) is 28.1 Å². The van der Waals surface area contributed by atoms with Crippen LogP contribution in [0.15, 0.2) is 28.7 Å². The normalized spacial score (nSPS) is 22.1. The van der Waals surface area contributed by atoms with Gasteiger partial charge in [-0.25, -0.2) is 0 Å². The van der Waals surface area contributed by atoms with Crippen molar-refractivity contribution in [3.05, 3.63) is 34.3 Å². The summed E-state index contributed by atoms with van der Waals surface area (Å²) in [5, 5.41) is 0. The molecule has 0 amide bonds. The third kappa shape index (κ3) is 3.03. The topological polar surface area (TPSA) is 12.5 Å². The average molecular weight is 270 g/mol. The Morgan fingerprint density at radius 3 is 2.73 bits per heavy atom. The number of rotatable bonds is 3. The number of halogens is 1. The maximum Gasteiger partial charge on any atom is 0.0710 e. The van der Waals surface area contributed by atoms with Gasteiger partial charge in [0.05, 0.1) is 6.10 Å². The molecule has 1 saturated heterocycles. The molecule has 1 aliphatic heterocycles. The number of likely N-dealkylation sites (tertiary alicyclic amines) is 1. The Morgan fingerprint density at radius 2 is 2.13 bits per heavy atom. The first-order valence-corrected chi connectivity index (χ1v) is 6.07. The summed E-state index contributed by atoms with van der Waals surface area (Å²) in [5.41, 5.74) is 1.37. The van der Waals surface area contributed by atoms with Crippen molar-refractivity contribution in [1.82, 2.24) is 4.90 Å². The summed E-state index contributed by atoms with van der Waals surface area (Å²) in [6.45, 7) is 3.24. The van der Waals surface area contributed by atoms with Crippen molar-refractivity contribution < 1.29 is 4.74 Å². The first-order chi connectivity index (χ1) is 7.28. The van der Waals surface area contributed by atoms with Crippen molar-refractivity contribution >= 4 is 15.9 Å². The van der Waals surface area contributed by atoms with E-state index in [1.165, 1.54) is 5.56 Å². The fourth-order valence-corrected chi connectivity index (χ4v) is 2.25. The van der Waals surface area contributed by atoms with Crippen LogP contribution in [0.3, 0.4) is 0 Å². The summed E-state index contributed by atoms with van der Waals surface area (Å²) in [7, 11) is 1.80. The highest BCUT2D eigenvalue weighted by atomic mass is 79.9. The van der Waals surface area contributed by atoms with Crippen molar-refractivity contribution in [2.45, 2.75) is 19.1 Å². The Labute approximate surface area is 99.4 Å². The lowest BCUT2D eigenvalue weighted by Gasteiger charge is -2.15. The van der Waals surface area contributed by atoms with Gasteiger partial charge in [-0.2, -0.15) is 0 Å². The summed E-state index contributed by atoms with van der Waals surface area (Å²) in [5.74, 6) is 0. The highest BCUT2D eigenvalue weighted by molar-refractivity contribution is 9.10. The van der Waals surface area contributed by atoms with E-state index in [0.29, 0.717) is 6.10 Å². The highest BCUT2D eigenvalue weighted by Crippen LogP contribution is 2.17. The molecule has 1 aliphatic rings. The van der Waals surface area contributed by atoms with E-state index in [2.05, 4.69) is 45.1 Å². The molecule has 0 aliphatic carbocycles. The number of ether oxygens (including phenoxy) is 1. The highest BCUT2D eigenvalue weighted by Gasteiger charge is 2.21. The molecule has 0 bridgehead atoms. The lowest BCUT2D eigenvalue weighted by Crippen LogP contribution is -2.22. The van der Waals surface area contributed by atoms with Gasteiger partial charge in [0.25, 0.3) is 0 Å². The van der Waals surface area contributed by atoms with Crippen molar-refractivity contribution in [3.8, 4) is 0 Å². The van der Waals surface area contributed by atoms with Gasteiger partial charge in [-0.15, -0.1) is 0 Å². The van der Waals surface area contributed by atoms with Gasteiger partial charge in [0.2, 0.25) is 0 Å². The molecule has 82 valence electrons. The van der Waals surface area contributed by atoms with E-state index in [0.717, 1.165) is 30.5 Å². The number of benzene rings is 1. The van der Waals surface area contributed by atoms with Crippen LogP contribution in [0.4, 0.5) is 0 Å². The van der Waals surface area contributed by atoms with Crippen molar-refractivity contribution in [2.75, 3.05) is 20.2 Å². The summed E-state index contributed by atoms with van der Waals surface area (Å²) in [6.07, 6.45) is 1.59. The molecule has 1 heterocycles. The predicted octanol–water partition coefficient (Wildman–Crippen LogP) is 2.67. The molecule has 0 N–H and O–H groups in total.